The van der Waals surface area contributed by atoms with Gasteiger partial charge in [-0.2, -0.15) is 0 Å². The molecule has 7 nitrogen and oxygen atoms in total. The highest BCUT2D eigenvalue weighted by atomic mass is 16.5. The number of ether oxygens (including phenoxy) is 1. The Morgan fingerprint density at radius 3 is 2.79 bits per heavy atom. The topological polar surface area (TPSA) is 87.2 Å². The minimum atomic E-state index is -0.959. The highest BCUT2D eigenvalue weighted by Gasteiger charge is 2.39. The third-order valence-electron chi connectivity index (χ3n) is 3.76. The van der Waals surface area contributed by atoms with E-state index in [1.165, 1.54) is 9.80 Å². The molecular weight excluding hydrogens is 252 g/mol. The molecule has 2 aliphatic heterocycles. The van der Waals surface area contributed by atoms with Gasteiger partial charge in [0.1, 0.15) is 5.92 Å². The molecule has 0 spiro atoms. The standard InChI is InChI=1S/C12H18N2O5/c1-13(9-7-19-6-8(9)12(17)18)11(16)5-14-4-2-3-10(14)15/h8-9H,2-7H2,1H3,(H,17,18). The van der Waals surface area contributed by atoms with E-state index < -0.39 is 17.9 Å². The van der Waals surface area contributed by atoms with Gasteiger partial charge in [-0.15, -0.1) is 0 Å². The molecule has 0 aromatic heterocycles. The van der Waals surface area contributed by atoms with E-state index >= 15 is 0 Å². The van der Waals surface area contributed by atoms with Crippen LogP contribution in [0.4, 0.5) is 0 Å². The lowest BCUT2D eigenvalue weighted by atomic mass is 10.0. The predicted octanol–water partition coefficient (Wildman–Crippen LogP) is -0.833. The first kappa shape index (κ1) is 13.8. The molecule has 2 rings (SSSR count). The number of likely N-dealkylation sites (tertiary alicyclic amines) is 1. The van der Waals surface area contributed by atoms with Crippen LogP contribution in [0.2, 0.25) is 0 Å². The number of carbonyl (C=O) groups is 3. The van der Waals surface area contributed by atoms with Crippen molar-refractivity contribution >= 4 is 17.8 Å². The zero-order chi connectivity index (χ0) is 14.0. The summed E-state index contributed by atoms with van der Waals surface area (Å²) < 4.78 is 5.14. The summed E-state index contributed by atoms with van der Waals surface area (Å²) in [6.07, 6.45) is 1.27. The molecule has 2 unspecified atom stereocenters. The molecule has 2 saturated heterocycles. The second-order valence-electron chi connectivity index (χ2n) is 4.97. The molecule has 2 aliphatic rings. The number of amides is 2. The lowest BCUT2D eigenvalue weighted by molar-refractivity contribution is -0.145. The Morgan fingerprint density at radius 1 is 1.47 bits per heavy atom. The third-order valence-corrected chi connectivity index (χ3v) is 3.76. The van der Waals surface area contributed by atoms with Gasteiger partial charge in [0.25, 0.3) is 0 Å². The number of likely N-dealkylation sites (N-methyl/N-ethyl adjacent to an activating group) is 1. The molecule has 0 aromatic carbocycles. The van der Waals surface area contributed by atoms with Gasteiger partial charge in [-0.3, -0.25) is 14.4 Å². The second kappa shape index (κ2) is 5.56. The first-order valence-electron chi connectivity index (χ1n) is 6.34. The molecule has 2 amide bonds. The number of rotatable bonds is 4. The summed E-state index contributed by atoms with van der Waals surface area (Å²) in [5, 5.41) is 9.06. The van der Waals surface area contributed by atoms with Crippen molar-refractivity contribution in [2.45, 2.75) is 18.9 Å². The van der Waals surface area contributed by atoms with Crippen LogP contribution in [0.3, 0.4) is 0 Å². The highest BCUT2D eigenvalue weighted by molar-refractivity contribution is 5.86. The van der Waals surface area contributed by atoms with Crippen LogP contribution in [0, 0.1) is 5.92 Å². The van der Waals surface area contributed by atoms with E-state index in [4.69, 9.17) is 9.84 Å². The van der Waals surface area contributed by atoms with E-state index in [1.807, 2.05) is 0 Å². The maximum Gasteiger partial charge on any atom is 0.311 e. The average Bonchev–Trinajstić information content (AvgIpc) is 2.98. The Morgan fingerprint density at radius 2 is 2.21 bits per heavy atom. The van der Waals surface area contributed by atoms with E-state index in [-0.39, 0.29) is 31.6 Å². The fraction of sp³-hybridized carbons (Fsp3) is 0.750. The van der Waals surface area contributed by atoms with Crippen molar-refractivity contribution < 1.29 is 24.2 Å². The summed E-state index contributed by atoms with van der Waals surface area (Å²) in [6, 6.07) is -0.456. The summed E-state index contributed by atoms with van der Waals surface area (Å²) in [4.78, 5) is 37.5. The number of carboxylic acids is 1. The number of nitrogens with zero attached hydrogens (tertiary/aromatic N) is 2. The second-order valence-corrected chi connectivity index (χ2v) is 4.97. The number of carboxylic acid groups (broad SMARTS) is 1. The molecule has 19 heavy (non-hydrogen) atoms. The van der Waals surface area contributed by atoms with Crippen molar-refractivity contribution in [2.24, 2.45) is 5.92 Å². The van der Waals surface area contributed by atoms with Gasteiger partial charge in [-0.05, 0) is 6.42 Å². The van der Waals surface area contributed by atoms with Gasteiger partial charge in [0.05, 0.1) is 25.8 Å². The molecule has 0 aromatic rings. The molecule has 1 N–H and O–H groups in total. The molecule has 2 atom stereocenters. The molecule has 2 heterocycles. The predicted molar refractivity (Wildman–Crippen MR) is 64.3 cm³/mol. The maximum atomic E-state index is 12.1. The molecule has 0 saturated carbocycles. The van der Waals surface area contributed by atoms with Crippen LogP contribution in [-0.2, 0) is 19.1 Å². The van der Waals surface area contributed by atoms with Crippen LogP contribution in [0.15, 0.2) is 0 Å². The normalized spacial score (nSPS) is 26.8. The van der Waals surface area contributed by atoms with Gasteiger partial charge in [0.15, 0.2) is 0 Å². The van der Waals surface area contributed by atoms with Gasteiger partial charge in [-0.1, -0.05) is 0 Å². The van der Waals surface area contributed by atoms with Crippen LogP contribution >= 0.6 is 0 Å². The highest BCUT2D eigenvalue weighted by Crippen LogP contribution is 2.19. The number of hydrogen-bond acceptors (Lipinski definition) is 4. The Balaban J connectivity index is 1.94. The Bertz CT molecular complexity index is 398. The van der Waals surface area contributed by atoms with Crippen LogP contribution in [0.5, 0.6) is 0 Å². The van der Waals surface area contributed by atoms with Gasteiger partial charge in [0, 0.05) is 20.0 Å². The summed E-state index contributed by atoms with van der Waals surface area (Å²) >= 11 is 0. The summed E-state index contributed by atoms with van der Waals surface area (Å²) in [5.41, 5.74) is 0. The van der Waals surface area contributed by atoms with E-state index in [0.717, 1.165) is 6.42 Å². The van der Waals surface area contributed by atoms with Crippen molar-refractivity contribution in [1.29, 1.82) is 0 Å². The summed E-state index contributed by atoms with van der Waals surface area (Å²) in [7, 11) is 1.57. The van der Waals surface area contributed by atoms with Gasteiger partial charge in [0.2, 0.25) is 11.8 Å². The van der Waals surface area contributed by atoms with Crippen molar-refractivity contribution in [2.75, 3.05) is 33.4 Å². The van der Waals surface area contributed by atoms with E-state index in [2.05, 4.69) is 0 Å². The Labute approximate surface area is 111 Å². The first-order chi connectivity index (χ1) is 9.00. The molecule has 106 valence electrons. The van der Waals surface area contributed by atoms with Crippen molar-refractivity contribution in [3.8, 4) is 0 Å². The molecule has 0 aliphatic carbocycles. The summed E-state index contributed by atoms with van der Waals surface area (Å²) in [5.74, 6) is -1.90. The maximum absolute atomic E-state index is 12.1. The van der Waals surface area contributed by atoms with Crippen LogP contribution in [-0.4, -0.2) is 72.1 Å². The lowest BCUT2D eigenvalue weighted by Gasteiger charge is -2.28. The minimum absolute atomic E-state index is 0.0146. The van der Waals surface area contributed by atoms with Crippen LogP contribution < -0.4 is 0 Å². The molecule has 0 radical (unpaired) electrons. The monoisotopic (exact) mass is 270 g/mol. The average molecular weight is 270 g/mol. The Kier molecular flexibility index (Phi) is 4.04. The van der Waals surface area contributed by atoms with Crippen molar-refractivity contribution in [3.63, 3.8) is 0 Å². The van der Waals surface area contributed by atoms with Crippen LogP contribution in [0.1, 0.15) is 12.8 Å². The van der Waals surface area contributed by atoms with Gasteiger partial charge in [-0.25, -0.2) is 0 Å². The molecule has 7 heteroatoms. The van der Waals surface area contributed by atoms with Crippen LogP contribution in [0.25, 0.3) is 0 Å². The van der Waals surface area contributed by atoms with Crippen molar-refractivity contribution in [3.05, 3.63) is 0 Å². The molecule has 2 fully saturated rings. The number of aliphatic carboxylic acids is 1. The first-order valence-corrected chi connectivity index (χ1v) is 6.34. The van der Waals surface area contributed by atoms with E-state index in [9.17, 15) is 14.4 Å². The largest absolute Gasteiger partial charge is 0.481 e. The minimum Gasteiger partial charge on any atom is -0.481 e. The third kappa shape index (κ3) is 2.86. The molecule has 0 bridgehead atoms. The summed E-state index contributed by atoms with van der Waals surface area (Å²) in [6.45, 7) is 0.980. The van der Waals surface area contributed by atoms with Crippen molar-refractivity contribution in [1.82, 2.24) is 9.80 Å². The fourth-order valence-electron chi connectivity index (χ4n) is 2.49. The van der Waals surface area contributed by atoms with Gasteiger partial charge >= 0.3 is 5.97 Å². The fourth-order valence-corrected chi connectivity index (χ4v) is 2.49. The Hall–Kier alpha value is -1.63. The lowest BCUT2D eigenvalue weighted by Crippen LogP contribution is -2.48. The SMILES string of the molecule is CN(C(=O)CN1CCCC1=O)C1COCC1C(=O)O. The van der Waals surface area contributed by atoms with E-state index in [1.54, 1.807) is 7.05 Å². The smallest absolute Gasteiger partial charge is 0.311 e. The number of hydrogen-bond donors (Lipinski definition) is 1. The quantitative estimate of drug-likeness (QED) is 0.720. The number of carbonyl (C=O) groups excluding carboxylic acids is 2. The zero-order valence-electron chi connectivity index (χ0n) is 10.9. The van der Waals surface area contributed by atoms with E-state index in [0.29, 0.717) is 13.0 Å². The zero-order valence-corrected chi connectivity index (χ0v) is 10.9. The molecular formula is C12H18N2O5. The van der Waals surface area contributed by atoms with Gasteiger partial charge < -0.3 is 19.6 Å².